The molecule has 2 atom stereocenters. The summed E-state index contributed by atoms with van der Waals surface area (Å²) in [5, 5.41) is 5.80. The van der Waals surface area contributed by atoms with Crippen LogP contribution < -0.4 is 20.3 Å². The first-order chi connectivity index (χ1) is 13.1. The van der Waals surface area contributed by atoms with Crippen molar-refractivity contribution in [3.63, 3.8) is 0 Å². The molecule has 0 saturated heterocycles. The molecule has 6 nitrogen and oxygen atoms in total. The van der Waals surface area contributed by atoms with E-state index in [0.29, 0.717) is 11.4 Å². The lowest BCUT2D eigenvalue weighted by atomic mass is 10.1. The van der Waals surface area contributed by atoms with Crippen molar-refractivity contribution in [1.29, 1.82) is 0 Å². The van der Waals surface area contributed by atoms with Gasteiger partial charge >= 0.3 is 0 Å². The van der Waals surface area contributed by atoms with E-state index in [9.17, 15) is 9.59 Å². The molecule has 6 heteroatoms. The third-order valence-electron chi connectivity index (χ3n) is 4.19. The molecule has 2 aromatic carbocycles. The molecular formula is C22H30N3O3+. The van der Waals surface area contributed by atoms with Gasteiger partial charge in [0.2, 0.25) is 0 Å². The van der Waals surface area contributed by atoms with Gasteiger partial charge in [-0.25, -0.2) is 0 Å². The number of carbonyl (C=O) groups excluding carboxylic acids is 2. The lowest BCUT2D eigenvalue weighted by Crippen LogP contribution is -3.15. The van der Waals surface area contributed by atoms with Crippen molar-refractivity contribution in [1.82, 2.24) is 5.32 Å². The fraction of sp³-hybridized carbons (Fsp3) is 0.364. The number of ether oxygens (including phenoxy) is 1. The molecule has 1 unspecified atom stereocenters. The van der Waals surface area contributed by atoms with Crippen LogP contribution in [0, 0.1) is 0 Å². The predicted molar refractivity (Wildman–Crippen MR) is 111 cm³/mol. The van der Waals surface area contributed by atoms with Crippen molar-refractivity contribution in [2.24, 2.45) is 0 Å². The minimum absolute atomic E-state index is 0.0768. The second-order valence-corrected chi connectivity index (χ2v) is 7.97. The molecule has 0 radical (unpaired) electrons. The topological polar surface area (TPSA) is 71.9 Å². The van der Waals surface area contributed by atoms with E-state index in [1.807, 2.05) is 65.1 Å². The maximum Gasteiger partial charge on any atom is 0.282 e. The summed E-state index contributed by atoms with van der Waals surface area (Å²) in [5.74, 6) is 1.23. The van der Waals surface area contributed by atoms with Gasteiger partial charge in [0.05, 0.1) is 7.05 Å². The predicted octanol–water partition coefficient (Wildman–Crippen LogP) is 2.24. The minimum Gasteiger partial charge on any atom is -0.457 e. The molecule has 3 N–H and O–H groups in total. The average Bonchev–Trinajstić information content (AvgIpc) is 2.61. The van der Waals surface area contributed by atoms with Gasteiger partial charge in [0.25, 0.3) is 11.8 Å². The highest BCUT2D eigenvalue weighted by atomic mass is 16.5. The summed E-state index contributed by atoms with van der Waals surface area (Å²) in [7, 11) is 1.84. The molecule has 0 aliphatic heterocycles. The SMILES string of the molecule is C[C@@H](C(=O)Nc1ccc(Oc2ccccc2)cc1)[NH+](C)CC(=O)NC(C)(C)C. The van der Waals surface area contributed by atoms with Gasteiger partial charge in [-0.15, -0.1) is 0 Å². The van der Waals surface area contributed by atoms with E-state index in [-0.39, 0.29) is 29.9 Å². The molecule has 0 bridgehead atoms. The lowest BCUT2D eigenvalue weighted by Gasteiger charge is -2.24. The van der Waals surface area contributed by atoms with E-state index < -0.39 is 0 Å². The van der Waals surface area contributed by atoms with Crippen molar-refractivity contribution in [2.75, 3.05) is 18.9 Å². The quantitative estimate of drug-likeness (QED) is 0.686. The largest absolute Gasteiger partial charge is 0.457 e. The van der Waals surface area contributed by atoms with Crippen molar-refractivity contribution >= 4 is 17.5 Å². The zero-order valence-corrected chi connectivity index (χ0v) is 17.2. The summed E-state index contributed by atoms with van der Waals surface area (Å²) >= 11 is 0. The van der Waals surface area contributed by atoms with Crippen LogP contribution in [0.4, 0.5) is 5.69 Å². The molecule has 0 saturated carbocycles. The van der Waals surface area contributed by atoms with Crippen LogP contribution >= 0.6 is 0 Å². The zero-order valence-electron chi connectivity index (χ0n) is 17.2. The molecule has 0 spiro atoms. The van der Waals surface area contributed by atoms with Crippen LogP contribution in [0.25, 0.3) is 0 Å². The molecule has 0 aliphatic rings. The van der Waals surface area contributed by atoms with Gasteiger partial charge in [-0.2, -0.15) is 0 Å². The number of nitrogens with one attached hydrogen (secondary N) is 3. The first-order valence-corrected chi connectivity index (χ1v) is 9.41. The van der Waals surface area contributed by atoms with Crippen LogP contribution in [0.2, 0.25) is 0 Å². The Balaban J connectivity index is 1.88. The molecule has 2 rings (SSSR count). The van der Waals surface area contributed by atoms with Crippen molar-refractivity contribution in [3.05, 3.63) is 54.6 Å². The summed E-state index contributed by atoms with van der Waals surface area (Å²) in [6.07, 6.45) is 0. The Hall–Kier alpha value is -2.86. The Morgan fingerprint density at radius 2 is 1.57 bits per heavy atom. The molecular weight excluding hydrogens is 354 g/mol. The Morgan fingerprint density at radius 3 is 2.14 bits per heavy atom. The third-order valence-corrected chi connectivity index (χ3v) is 4.19. The van der Waals surface area contributed by atoms with Gasteiger partial charge in [0.1, 0.15) is 11.5 Å². The Morgan fingerprint density at radius 1 is 1.00 bits per heavy atom. The molecule has 0 heterocycles. The molecule has 0 aliphatic carbocycles. The summed E-state index contributed by atoms with van der Waals surface area (Å²) in [5.41, 5.74) is 0.399. The van der Waals surface area contributed by atoms with E-state index in [4.69, 9.17) is 4.74 Å². The molecule has 2 aromatic rings. The number of hydrogen-bond acceptors (Lipinski definition) is 3. The van der Waals surface area contributed by atoms with Gasteiger partial charge in [-0.3, -0.25) is 9.59 Å². The first-order valence-electron chi connectivity index (χ1n) is 9.41. The zero-order chi connectivity index (χ0) is 20.7. The van der Waals surface area contributed by atoms with E-state index in [1.54, 1.807) is 24.3 Å². The van der Waals surface area contributed by atoms with Gasteiger partial charge in [-0.05, 0) is 64.1 Å². The van der Waals surface area contributed by atoms with Gasteiger partial charge in [0.15, 0.2) is 12.6 Å². The maximum absolute atomic E-state index is 12.5. The Bertz CT molecular complexity index is 783. The van der Waals surface area contributed by atoms with Gasteiger partial charge in [-0.1, -0.05) is 18.2 Å². The summed E-state index contributed by atoms with van der Waals surface area (Å²) < 4.78 is 5.75. The van der Waals surface area contributed by atoms with Crippen LogP contribution in [0.5, 0.6) is 11.5 Å². The van der Waals surface area contributed by atoms with Crippen LogP contribution in [0.3, 0.4) is 0 Å². The number of amides is 2. The second kappa shape index (κ2) is 9.37. The monoisotopic (exact) mass is 384 g/mol. The summed E-state index contributed by atoms with van der Waals surface area (Å²) in [6.45, 7) is 7.84. The molecule has 0 aromatic heterocycles. The molecule has 0 fully saturated rings. The number of quaternary nitrogens is 1. The smallest absolute Gasteiger partial charge is 0.282 e. The number of benzene rings is 2. The highest BCUT2D eigenvalue weighted by Gasteiger charge is 2.25. The number of carbonyl (C=O) groups is 2. The minimum atomic E-state index is -0.369. The summed E-state index contributed by atoms with van der Waals surface area (Å²) in [4.78, 5) is 25.4. The standard InChI is InChI=1S/C22H29N3O3/c1-16(25(5)15-20(26)24-22(2,3)4)21(27)23-17-11-13-19(14-12-17)28-18-9-7-6-8-10-18/h6-14,16H,15H2,1-5H3,(H,23,27)(H,24,26)/p+1/t16-/m0/s1. The Kier molecular flexibility index (Phi) is 7.18. The average molecular weight is 385 g/mol. The maximum atomic E-state index is 12.5. The third kappa shape index (κ3) is 7.04. The van der Waals surface area contributed by atoms with Gasteiger partial charge < -0.3 is 20.3 Å². The highest BCUT2D eigenvalue weighted by Crippen LogP contribution is 2.22. The lowest BCUT2D eigenvalue weighted by molar-refractivity contribution is -0.885. The number of rotatable bonds is 7. The van der Waals surface area contributed by atoms with E-state index >= 15 is 0 Å². The van der Waals surface area contributed by atoms with Crippen LogP contribution in [0.15, 0.2) is 54.6 Å². The number of para-hydroxylation sites is 1. The first kappa shape index (κ1) is 21.4. The van der Waals surface area contributed by atoms with Crippen LogP contribution in [-0.2, 0) is 9.59 Å². The molecule has 2 amide bonds. The van der Waals surface area contributed by atoms with E-state index in [0.717, 1.165) is 10.6 Å². The summed E-state index contributed by atoms with van der Waals surface area (Å²) in [6, 6.07) is 16.3. The van der Waals surface area contributed by atoms with Crippen molar-refractivity contribution in [2.45, 2.75) is 39.3 Å². The fourth-order valence-corrected chi connectivity index (χ4v) is 2.57. The van der Waals surface area contributed by atoms with Crippen molar-refractivity contribution < 1.29 is 19.2 Å². The highest BCUT2D eigenvalue weighted by molar-refractivity contribution is 5.93. The molecule has 150 valence electrons. The van der Waals surface area contributed by atoms with Crippen LogP contribution in [0.1, 0.15) is 27.7 Å². The second-order valence-electron chi connectivity index (χ2n) is 7.97. The van der Waals surface area contributed by atoms with Crippen LogP contribution in [-0.4, -0.2) is 37.0 Å². The fourth-order valence-electron chi connectivity index (χ4n) is 2.57. The Labute approximate surface area is 166 Å². The molecule has 28 heavy (non-hydrogen) atoms. The van der Waals surface area contributed by atoms with E-state index in [1.165, 1.54) is 0 Å². The van der Waals surface area contributed by atoms with E-state index in [2.05, 4.69) is 10.6 Å². The number of hydrogen-bond donors (Lipinski definition) is 3. The normalized spacial score (nSPS) is 13.3. The number of anilines is 1. The number of likely N-dealkylation sites (N-methyl/N-ethyl adjacent to an activating group) is 1. The van der Waals surface area contributed by atoms with Crippen molar-refractivity contribution in [3.8, 4) is 11.5 Å². The van der Waals surface area contributed by atoms with Gasteiger partial charge in [0, 0.05) is 11.2 Å².